The number of hydrogen-bond acceptors (Lipinski definition) is 1. The molecule has 0 bridgehead atoms. The lowest BCUT2D eigenvalue weighted by atomic mass is 10.1. The highest BCUT2D eigenvalue weighted by Crippen LogP contribution is 2.18. The van der Waals surface area contributed by atoms with Crippen LogP contribution in [-0.4, -0.2) is 16.0 Å². The van der Waals surface area contributed by atoms with Gasteiger partial charge < -0.3 is 0 Å². The first-order chi connectivity index (χ1) is 6.13. The van der Waals surface area contributed by atoms with Crippen LogP contribution in [0.5, 0.6) is 0 Å². The van der Waals surface area contributed by atoms with Gasteiger partial charge in [-0.15, -0.1) is 34.8 Å². The summed E-state index contributed by atoms with van der Waals surface area (Å²) in [5.41, 5.74) is 0.522. The first kappa shape index (κ1) is 10.8. The zero-order valence-electron chi connectivity index (χ0n) is 6.58. The molecule has 1 rings (SSSR count). The molecule has 13 heavy (non-hydrogen) atoms. The van der Waals surface area contributed by atoms with Crippen LogP contribution in [0.15, 0.2) is 30.3 Å². The van der Waals surface area contributed by atoms with Gasteiger partial charge in [0.05, 0.1) is 0 Å². The zero-order chi connectivity index (χ0) is 9.84. The van der Waals surface area contributed by atoms with E-state index in [1.807, 2.05) is 6.07 Å². The molecule has 0 amide bonds. The maximum absolute atomic E-state index is 11.5. The highest BCUT2D eigenvalue weighted by molar-refractivity contribution is 6.52. The lowest BCUT2D eigenvalue weighted by molar-refractivity contribution is 0.0990. The standard InChI is InChI=1S/C9H7Cl3O/c10-7(9(11)12)8(13)6-4-2-1-3-5-6/h1-5,7,9H. The quantitative estimate of drug-likeness (QED) is 0.582. The molecular weight excluding hydrogens is 230 g/mol. The number of carbonyl (C=O) groups excluding carboxylic acids is 1. The minimum absolute atomic E-state index is 0.253. The Labute approximate surface area is 91.6 Å². The lowest BCUT2D eigenvalue weighted by Crippen LogP contribution is -2.21. The molecule has 0 spiro atoms. The van der Waals surface area contributed by atoms with Crippen LogP contribution in [0.25, 0.3) is 0 Å². The second kappa shape index (κ2) is 4.85. The van der Waals surface area contributed by atoms with Crippen LogP contribution < -0.4 is 0 Å². The van der Waals surface area contributed by atoms with Crippen molar-refractivity contribution in [2.24, 2.45) is 0 Å². The van der Waals surface area contributed by atoms with E-state index in [2.05, 4.69) is 0 Å². The van der Waals surface area contributed by atoms with Crippen molar-refractivity contribution in [2.45, 2.75) is 10.2 Å². The highest BCUT2D eigenvalue weighted by Gasteiger charge is 2.23. The molecule has 0 aromatic heterocycles. The minimum atomic E-state index is -0.884. The van der Waals surface area contributed by atoms with Crippen LogP contribution in [-0.2, 0) is 0 Å². The SMILES string of the molecule is O=C(c1ccccc1)C(Cl)C(Cl)Cl. The first-order valence-electron chi connectivity index (χ1n) is 3.64. The van der Waals surface area contributed by atoms with E-state index in [1.54, 1.807) is 24.3 Å². The van der Waals surface area contributed by atoms with Gasteiger partial charge in [-0.25, -0.2) is 0 Å². The van der Waals surface area contributed by atoms with E-state index in [0.29, 0.717) is 5.56 Å². The van der Waals surface area contributed by atoms with Gasteiger partial charge in [0.2, 0.25) is 0 Å². The maximum atomic E-state index is 11.5. The van der Waals surface area contributed by atoms with Gasteiger partial charge in [0, 0.05) is 5.56 Å². The van der Waals surface area contributed by atoms with Crippen LogP contribution in [0.1, 0.15) is 10.4 Å². The van der Waals surface area contributed by atoms with Crippen LogP contribution in [0.4, 0.5) is 0 Å². The van der Waals surface area contributed by atoms with Crippen LogP contribution in [0.2, 0.25) is 0 Å². The number of benzene rings is 1. The van der Waals surface area contributed by atoms with Gasteiger partial charge in [0.15, 0.2) is 5.78 Å². The number of ketones is 1. The summed E-state index contributed by atoms with van der Waals surface area (Å²) in [7, 11) is 0. The molecule has 0 aliphatic heterocycles. The van der Waals surface area contributed by atoms with E-state index >= 15 is 0 Å². The van der Waals surface area contributed by atoms with E-state index in [0.717, 1.165) is 0 Å². The predicted molar refractivity (Wildman–Crippen MR) is 55.9 cm³/mol. The largest absolute Gasteiger partial charge is 0.292 e. The fraction of sp³-hybridized carbons (Fsp3) is 0.222. The molecule has 1 aromatic carbocycles. The first-order valence-corrected chi connectivity index (χ1v) is 4.95. The molecule has 4 heteroatoms. The van der Waals surface area contributed by atoms with E-state index in [4.69, 9.17) is 34.8 Å². The second-order valence-corrected chi connectivity index (χ2v) is 4.10. The molecule has 1 aromatic rings. The molecule has 0 saturated heterocycles. The zero-order valence-corrected chi connectivity index (χ0v) is 8.85. The Balaban J connectivity index is 2.80. The number of halogens is 3. The van der Waals surface area contributed by atoms with Crippen molar-refractivity contribution in [1.29, 1.82) is 0 Å². The van der Waals surface area contributed by atoms with Crippen molar-refractivity contribution in [1.82, 2.24) is 0 Å². The molecule has 0 saturated carbocycles. The topological polar surface area (TPSA) is 17.1 Å². The number of Topliss-reactive ketones (excluding diaryl/α,β-unsaturated/α-hetero) is 1. The Hall–Kier alpha value is -0.240. The van der Waals surface area contributed by atoms with Gasteiger partial charge in [-0.05, 0) is 0 Å². The van der Waals surface area contributed by atoms with Crippen LogP contribution in [0, 0.1) is 0 Å². The van der Waals surface area contributed by atoms with E-state index in [9.17, 15) is 4.79 Å². The van der Waals surface area contributed by atoms with Gasteiger partial charge in [-0.1, -0.05) is 30.3 Å². The summed E-state index contributed by atoms with van der Waals surface area (Å²) in [6.07, 6.45) is 0. The summed E-state index contributed by atoms with van der Waals surface area (Å²) >= 11 is 16.7. The fourth-order valence-electron chi connectivity index (χ4n) is 0.876. The van der Waals surface area contributed by atoms with Gasteiger partial charge in [-0.2, -0.15) is 0 Å². The van der Waals surface area contributed by atoms with Gasteiger partial charge in [0.1, 0.15) is 10.2 Å². The Morgan fingerprint density at radius 2 is 1.62 bits per heavy atom. The van der Waals surface area contributed by atoms with E-state index in [1.165, 1.54) is 0 Å². The molecule has 0 radical (unpaired) electrons. The van der Waals surface area contributed by atoms with E-state index < -0.39 is 10.2 Å². The molecule has 0 aliphatic carbocycles. The molecular formula is C9H7Cl3O. The van der Waals surface area contributed by atoms with Crippen molar-refractivity contribution < 1.29 is 4.79 Å². The highest BCUT2D eigenvalue weighted by atomic mass is 35.5. The average Bonchev–Trinajstić information content (AvgIpc) is 2.17. The smallest absolute Gasteiger partial charge is 0.183 e. The molecule has 1 atom stereocenters. The normalized spacial score (nSPS) is 12.9. The van der Waals surface area contributed by atoms with Crippen molar-refractivity contribution in [3.8, 4) is 0 Å². The van der Waals surface area contributed by atoms with Crippen molar-refractivity contribution in [3.63, 3.8) is 0 Å². The fourth-order valence-corrected chi connectivity index (χ4v) is 1.23. The molecule has 0 fully saturated rings. The second-order valence-electron chi connectivity index (χ2n) is 2.47. The predicted octanol–water partition coefficient (Wildman–Crippen LogP) is 3.28. The van der Waals surface area contributed by atoms with Crippen molar-refractivity contribution in [2.75, 3.05) is 0 Å². The Morgan fingerprint density at radius 3 is 2.08 bits per heavy atom. The Morgan fingerprint density at radius 1 is 1.08 bits per heavy atom. The Kier molecular flexibility index (Phi) is 4.04. The molecule has 0 N–H and O–H groups in total. The monoisotopic (exact) mass is 236 g/mol. The minimum Gasteiger partial charge on any atom is -0.292 e. The lowest BCUT2D eigenvalue weighted by Gasteiger charge is -2.08. The summed E-state index contributed by atoms with van der Waals surface area (Å²) < 4.78 is 0. The van der Waals surface area contributed by atoms with Gasteiger partial charge in [-0.3, -0.25) is 4.79 Å². The van der Waals surface area contributed by atoms with E-state index in [-0.39, 0.29) is 5.78 Å². The van der Waals surface area contributed by atoms with Crippen LogP contribution >= 0.6 is 34.8 Å². The maximum Gasteiger partial charge on any atom is 0.183 e. The average molecular weight is 238 g/mol. The number of rotatable bonds is 3. The molecule has 0 aliphatic rings. The third kappa shape index (κ3) is 2.87. The summed E-state index contributed by atoms with van der Waals surface area (Å²) in [5, 5.41) is -0.884. The third-order valence-corrected chi connectivity index (χ3v) is 2.74. The Bertz CT molecular complexity index is 284. The van der Waals surface area contributed by atoms with Gasteiger partial charge in [0.25, 0.3) is 0 Å². The molecule has 1 unspecified atom stereocenters. The van der Waals surface area contributed by atoms with Crippen molar-refractivity contribution in [3.05, 3.63) is 35.9 Å². The number of carbonyl (C=O) groups is 1. The number of alkyl halides is 3. The molecule has 1 nitrogen and oxygen atoms in total. The molecule has 70 valence electrons. The summed E-state index contributed by atoms with van der Waals surface area (Å²) in [4.78, 5) is 10.6. The van der Waals surface area contributed by atoms with Crippen LogP contribution in [0.3, 0.4) is 0 Å². The van der Waals surface area contributed by atoms with Crippen molar-refractivity contribution >= 4 is 40.6 Å². The summed E-state index contributed by atoms with van der Waals surface area (Å²) in [6, 6.07) is 8.68. The summed E-state index contributed by atoms with van der Waals surface area (Å²) in [5.74, 6) is -0.253. The summed E-state index contributed by atoms with van der Waals surface area (Å²) in [6.45, 7) is 0. The van der Waals surface area contributed by atoms with Gasteiger partial charge >= 0.3 is 0 Å². The molecule has 0 heterocycles. The number of hydrogen-bond donors (Lipinski definition) is 0. The third-order valence-electron chi connectivity index (χ3n) is 1.53.